The van der Waals surface area contributed by atoms with E-state index in [1.807, 2.05) is 18.2 Å². The van der Waals surface area contributed by atoms with E-state index in [0.29, 0.717) is 28.5 Å². The normalized spacial score (nSPS) is 21.8. The minimum Gasteiger partial charge on any atom is -0.508 e. The maximum Gasteiger partial charge on any atom is 0.188 e. The molecular formula is C38H48FNO4. The van der Waals surface area contributed by atoms with Gasteiger partial charge in [0.15, 0.2) is 17.9 Å². The number of aromatic hydroxyl groups is 1. The third kappa shape index (κ3) is 5.38. The number of rotatable bonds is 7. The summed E-state index contributed by atoms with van der Waals surface area (Å²) in [7, 11) is 5.01. The van der Waals surface area contributed by atoms with Crippen molar-refractivity contribution in [3.05, 3.63) is 88.2 Å². The monoisotopic (exact) mass is 601 g/mol. The van der Waals surface area contributed by atoms with Gasteiger partial charge < -0.3 is 24.2 Å². The van der Waals surface area contributed by atoms with Crippen molar-refractivity contribution in [2.24, 2.45) is 11.3 Å². The molecule has 1 N–H and O–H groups in total. The van der Waals surface area contributed by atoms with Crippen LogP contribution in [-0.2, 0) is 21.3 Å². The van der Waals surface area contributed by atoms with Crippen molar-refractivity contribution >= 4 is 5.69 Å². The van der Waals surface area contributed by atoms with Gasteiger partial charge in [0.25, 0.3) is 0 Å². The first-order chi connectivity index (χ1) is 21.1. The number of benzene rings is 3. The first-order valence-electron chi connectivity index (χ1n) is 16.2. The Hall–Kier alpha value is -3.09. The van der Waals surface area contributed by atoms with Gasteiger partial charge in [0, 0.05) is 50.3 Å². The predicted octanol–water partition coefficient (Wildman–Crippen LogP) is 8.31. The lowest BCUT2D eigenvalue weighted by Gasteiger charge is -2.54. The Morgan fingerprint density at radius 2 is 1.57 bits per heavy atom. The second kappa shape index (κ2) is 12.0. The van der Waals surface area contributed by atoms with Crippen molar-refractivity contribution in [1.82, 2.24) is 0 Å². The fraction of sp³-hybridized carbons (Fsp3) is 0.526. The molecule has 3 aromatic carbocycles. The van der Waals surface area contributed by atoms with E-state index in [1.54, 1.807) is 21.3 Å². The van der Waals surface area contributed by atoms with Gasteiger partial charge in [-0.3, -0.25) is 0 Å². The van der Waals surface area contributed by atoms with E-state index in [-0.39, 0.29) is 29.4 Å². The number of hydrogen-bond acceptors (Lipinski definition) is 5. The van der Waals surface area contributed by atoms with Crippen LogP contribution in [0.4, 0.5) is 10.1 Å². The summed E-state index contributed by atoms with van der Waals surface area (Å²) < 4.78 is 33.6. The first kappa shape index (κ1) is 30.9. The van der Waals surface area contributed by atoms with Gasteiger partial charge in [0.2, 0.25) is 0 Å². The topological polar surface area (TPSA) is 51.2 Å². The minimum atomic E-state index is -0.278. The zero-order valence-corrected chi connectivity index (χ0v) is 27.2. The number of hydrogen-bond donors (Lipinski definition) is 1. The van der Waals surface area contributed by atoms with Crippen LogP contribution >= 0.6 is 0 Å². The number of fused-ring (bicyclic) bond motifs is 1. The van der Waals surface area contributed by atoms with Crippen LogP contribution in [0.2, 0.25) is 0 Å². The molecule has 3 aromatic rings. The van der Waals surface area contributed by atoms with E-state index in [1.165, 1.54) is 11.1 Å². The second-order valence-corrected chi connectivity index (χ2v) is 14.3. The molecule has 236 valence electrons. The molecule has 0 aromatic heterocycles. The summed E-state index contributed by atoms with van der Waals surface area (Å²) in [5.41, 5.74) is 6.15. The highest BCUT2D eigenvalue weighted by molar-refractivity contribution is 5.61. The van der Waals surface area contributed by atoms with Gasteiger partial charge in [0.05, 0.1) is 12.8 Å². The molecule has 1 heterocycles. The Balaban J connectivity index is 1.35. The van der Waals surface area contributed by atoms with Gasteiger partial charge in [-0.2, -0.15) is 0 Å². The molecule has 44 heavy (non-hydrogen) atoms. The fourth-order valence-electron chi connectivity index (χ4n) is 8.79. The second-order valence-electron chi connectivity index (χ2n) is 14.3. The summed E-state index contributed by atoms with van der Waals surface area (Å²) >= 11 is 0. The Bertz CT molecular complexity index is 1460. The number of ether oxygens (including phenoxy) is 3. The zero-order valence-electron chi connectivity index (χ0n) is 27.2. The van der Waals surface area contributed by atoms with E-state index < -0.39 is 0 Å². The zero-order chi connectivity index (χ0) is 31.2. The number of halogens is 1. The van der Waals surface area contributed by atoms with Gasteiger partial charge in [-0.1, -0.05) is 63.2 Å². The van der Waals surface area contributed by atoms with Crippen molar-refractivity contribution in [2.45, 2.75) is 82.8 Å². The molecular weight excluding hydrogens is 553 g/mol. The number of piperidine rings is 1. The lowest BCUT2D eigenvalue weighted by atomic mass is 9.57. The summed E-state index contributed by atoms with van der Waals surface area (Å²) in [6.07, 6.45) is 5.92. The number of nitrogens with zero attached hydrogens (tertiary/aromatic N) is 1. The lowest BCUT2D eigenvalue weighted by molar-refractivity contribution is -0.184. The summed E-state index contributed by atoms with van der Waals surface area (Å²) in [6.45, 7) is 8.09. The third-order valence-electron chi connectivity index (χ3n) is 10.8. The largest absolute Gasteiger partial charge is 0.508 e. The highest BCUT2D eigenvalue weighted by Gasteiger charge is 2.49. The van der Waals surface area contributed by atoms with Crippen molar-refractivity contribution < 1.29 is 23.7 Å². The van der Waals surface area contributed by atoms with Crippen LogP contribution in [0.3, 0.4) is 0 Å². The van der Waals surface area contributed by atoms with E-state index in [4.69, 9.17) is 14.2 Å². The first-order valence-corrected chi connectivity index (χ1v) is 16.2. The molecule has 0 amide bonds. The summed E-state index contributed by atoms with van der Waals surface area (Å²) in [5.74, 6) is 0.877. The molecule has 6 rings (SSSR count). The minimum absolute atomic E-state index is 0.104. The molecule has 5 nitrogen and oxygen atoms in total. The van der Waals surface area contributed by atoms with Gasteiger partial charge in [0.1, 0.15) is 5.75 Å². The molecule has 0 radical (unpaired) electrons. The van der Waals surface area contributed by atoms with E-state index in [0.717, 1.165) is 68.3 Å². The fourth-order valence-corrected chi connectivity index (χ4v) is 8.79. The molecule has 1 saturated heterocycles. The molecule has 1 spiro atoms. The Labute approximate surface area is 262 Å². The van der Waals surface area contributed by atoms with Crippen LogP contribution in [0.5, 0.6) is 11.5 Å². The molecule has 6 heteroatoms. The maximum absolute atomic E-state index is 16.6. The highest BCUT2D eigenvalue weighted by Crippen LogP contribution is 2.56. The van der Waals surface area contributed by atoms with E-state index in [2.05, 4.69) is 62.1 Å². The number of phenols is 1. The van der Waals surface area contributed by atoms with Crippen LogP contribution < -0.4 is 9.64 Å². The van der Waals surface area contributed by atoms with Crippen LogP contribution in [0.15, 0.2) is 54.6 Å². The van der Waals surface area contributed by atoms with Crippen molar-refractivity contribution in [1.29, 1.82) is 0 Å². The van der Waals surface area contributed by atoms with Crippen LogP contribution in [0, 0.1) is 17.2 Å². The van der Waals surface area contributed by atoms with E-state index in [9.17, 15) is 5.11 Å². The van der Waals surface area contributed by atoms with Gasteiger partial charge >= 0.3 is 0 Å². The van der Waals surface area contributed by atoms with Gasteiger partial charge in [-0.05, 0) is 84.1 Å². The molecule has 2 aliphatic carbocycles. The standard InChI is InChI=1S/C38H48FNO4/c1-37(2,3)33-28-13-12-26(24-10-8-7-9-11-24)32(27(28)15-17-31(33)41)29-14-16-30(34(39)35(29)42-4)40-20-18-38(19-21-40)22-25(23-38)36(43-5)44-6/h7-11,14-17,25-26,32,36,41H,12-13,18-23H2,1-6H3. The molecule has 3 aliphatic rings. The van der Waals surface area contributed by atoms with Crippen LogP contribution in [-0.4, -0.2) is 45.8 Å². The number of methoxy groups -OCH3 is 3. The average Bonchev–Trinajstić information content (AvgIpc) is 3.00. The van der Waals surface area contributed by atoms with E-state index >= 15 is 4.39 Å². The van der Waals surface area contributed by atoms with Crippen molar-refractivity contribution in [2.75, 3.05) is 39.3 Å². The third-order valence-corrected chi connectivity index (χ3v) is 10.8. The van der Waals surface area contributed by atoms with Gasteiger partial charge in [-0.15, -0.1) is 0 Å². The molecule has 2 unspecified atom stereocenters. The predicted molar refractivity (Wildman–Crippen MR) is 174 cm³/mol. The Kier molecular flexibility index (Phi) is 8.44. The summed E-state index contributed by atoms with van der Waals surface area (Å²) in [4.78, 5) is 2.20. The smallest absolute Gasteiger partial charge is 0.188 e. The molecule has 2 atom stereocenters. The molecule has 2 fully saturated rings. The highest BCUT2D eigenvalue weighted by atomic mass is 19.1. The van der Waals surface area contributed by atoms with Crippen molar-refractivity contribution in [3.63, 3.8) is 0 Å². The van der Waals surface area contributed by atoms with Crippen LogP contribution in [0.1, 0.15) is 92.5 Å². The average molecular weight is 602 g/mol. The van der Waals surface area contributed by atoms with Crippen LogP contribution in [0.25, 0.3) is 0 Å². The maximum atomic E-state index is 16.6. The Morgan fingerprint density at radius 1 is 0.909 bits per heavy atom. The number of phenolic OH excluding ortho intramolecular Hbond substituents is 1. The van der Waals surface area contributed by atoms with Crippen molar-refractivity contribution in [3.8, 4) is 11.5 Å². The lowest BCUT2D eigenvalue weighted by Crippen LogP contribution is -2.50. The quantitative estimate of drug-likeness (QED) is 0.276. The molecule has 1 saturated carbocycles. The Morgan fingerprint density at radius 3 is 2.18 bits per heavy atom. The summed E-state index contributed by atoms with van der Waals surface area (Å²) in [6, 6.07) is 18.5. The molecule has 0 bridgehead atoms. The molecule has 1 aliphatic heterocycles. The SMILES string of the molecule is COc1c(C2c3ccc(O)c(C(C)(C)C)c3CCC2c2ccccc2)ccc(N2CCC3(CC2)CC(C(OC)OC)C3)c1F. The number of anilines is 1. The summed E-state index contributed by atoms with van der Waals surface area (Å²) in [5, 5.41) is 11.0. The van der Waals surface area contributed by atoms with Gasteiger partial charge in [-0.25, -0.2) is 4.39 Å².